The Kier molecular flexibility index (Phi) is 4.52. The molecule has 0 saturated heterocycles. The number of nitrogens with zero attached hydrogens (tertiary/aromatic N) is 2. The molecule has 0 radical (unpaired) electrons. The maximum atomic E-state index is 12.6. The van der Waals surface area contributed by atoms with Gasteiger partial charge in [-0.3, -0.25) is 10.1 Å². The van der Waals surface area contributed by atoms with Crippen molar-refractivity contribution < 1.29 is 27.6 Å². The fourth-order valence-corrected chi connectivity index (χ4v) is 2.50. The monoisotopic (exact) mass is 376 g/mol. The first-order chi connectivity index (χ1) is 12.7. The number of rotatable bonds is 3. The summed E-state index contributed by atoms with van der Waals surface area (Å²) in [6, 6.07) is 8.47. The van der Waals surface area contributed by atoms with Crippen molar-refractivity contribution in [2.24, 2.45) is 4.99 Å². The smallest absolute Gasteiger partial charge is 0.402 e. The molecule has 138 valence electrons. The van der Waals surface area contributed by atoms with Crippen LogP contribution in [-0.4, -0.2) is 16.8 Å². The largest absolute Gasteiger partial charge is 0.416 e. The molecule has 0 aromatic heterocycles. The second-order valence-electron chi connectivity index (χ2n) is 5.66. The number of ether oxygens (including phenoxy) is 1. The van der Waals surface area contributed by atoms with Crippen LogP contribution in [0.2, 0.25) is 0 Å². The van der Waals surface area contributed by atoms with Gasteiger partial charge < -0.3 is 4.74 Å². The van der Waals surface area contributed by atoms with Crippen molar-refractivity contribution in [2.75, 3.05) is 0 Å². The van der Waals surface area contributed by atoms with Crippen LogP contribution in [0.3, 0.4) is 0 Å². The Balaban J connectivity index is 1.94. The summed E-state index contributed by atoms with van der Waals surface area (Å²) >= 11 is 0. The van der Waals surface area contributed by atoms with Crippen molar-refractivity contribution in [1.82, 2.24) is 0 Å². The second-order valence-corrected chi connectivity index (χ2v) is 5.66. The molecule has 1 heterocycles. The van der Waals surface area contributed by atoms with Crippen molar-refractivity contribution >= 4 is 23.6 Å². The maximum Gasteiger partial charge on any atom is 0.416 e. The van der Waals surface area contributed by atoms with Crippen LogP contribution in [0.25, 0.3) is 6.08 Å². The highest BCUT2D eigenvalue weighted by atomic mass is 19.4. The van der Waals surface area contributed by atoms with Crippen LogP contribution in [0.4, 0.5) is 18.9 Å². The van der Waals surface area contributed by atoms with Gasteiger partial charge in [0.15, 0.2) is 5.70 Å². The van der Waals surface area contributed by atoms with E-state index in [0.29, 0.717) is 5.56 Å². The Morgan fingerprint density at radius 1 is 1.15 bits per heavy atom. The number of hydrogen-bond acceptors (Lipinski definition) is 5. The van der Waals surface area contributed by atoms with Gasteiger partial charge in [0.25, 0.3) is 5.69 Å². The minimum Gasteiger partial charge on any atom is -0.402 e. The molecule has 1 aliphatic heterocycles. The van der Waals surface area contributed by atoms with Gasteiger partial charge in [0, 0.05) is 17.2 Å². The lowest BCUT2D eigenvalue weighted by Crippen LogP contribution is -2.08. The molecule has 0 bridgehead atoms. The lowest BCUT2D eigenvalue weighted by molar-refractivity contribution is -0.385. The fourth-order valence-electron chi connectivity index (χ4n) is 2.50. The third kappa shape index (κ3) is 3.71. The SMILES string of the molecule is Cc1c(C2=N/C(=C\c3ccc(C(F)(F)F)cc3)C(=O)O2)cccc1[N+](=O)[O-]. The molecule has 0 fully saturated rings. The summed E-state index contributed by atoms with van der Waals surface area (Å²) in [6.07, 6.45) is -3.18. The van der Waals surface area contributed by atoms with E-state index in [2.05, 4.69) is 4.99 Å². The molecule has 6 nitrogen and oxygen atoms in total. The highest BCUT2D eigenvalue weighted by molar-refractivity contribution is 6.13. The lowest BCUT2D eigenvalue weighted by Gasteiger charge is -2.05. The fraction of sp³-hybridized carbons (Fsp3) is 0.111. The number of alkyl halides is 3. The summed E-state index contributed by atoms with van der Waals surface area (Å²) in [6.45, 7) is 1.50. The predicted octanol–water partition coefficient (Wildman–Crippen LogP) is 4.27. The number of nitro groups is 1. The maximum absolute atomic E-state index is 12.6. The second kappa shape index (κ2) is 6.67. The highest BCUT2D eigenvalue weighted by Crippen LogP contribution is 2.30. The molecule has 0 atom stereocenters. The summed E-state index contributed by atoms with van der Waals surface area (Å²) in [5, 5.41) is 11.0. The van der Waals surface area contributed by atoms with E-state index in [0.717, 1.165) is 12.1 Å². The molecule has 0 amide bonds. The molecule has 0 N–H and O–H groups in total. The first-order valence-electron chi connectivity index (χ1n) is 7.61. The van der Waals surface area contributed by atoms with Gasteiger partial charge in [-0.1, -0.05) is 18.2 Å². The van der Waals surface area contributed by atoms with Crippen LogP contribution in [0.1, 0.15) is 22.3 Å². The molecule has 2 aromatic rings. The topological polar surface area (TPSA) is 81.8 Å². The first-order valence-corrected chi connectivity index (χ1v) is 7.61. The van der Waals surface area contributed by atoms with E-state index in [1.165, 1.54) is 43.3 Å². The van der Waals surface area contributed by atoms with Crippen molar-refractivity contribution in [3.05, 3.63) is 80.5 Å². The Bertz CT molecular complexity index is 993. The van der Waals surface area contributed by atoms with Gasteiger partial charge in [-0.25, -0.2) is 9.79 Å². The quantitative estimate of drug-likeness (QED) is 0.347. The van der Waals surface area contributed by atoms with Gasteiger partial charge in [-0.15, -0.1) is 0 Å². The average molecular weight is 376 g/mol. The molecule has 0 spiro atoms. The van der Waals surface area contributed by atoms with Crippen LogP contribution in [0, 0.1) is 17.0 Å². The third-order valence-corrected chi connectivity index (χ3v) is 3.89. The lowest BCUT2D eigenvalue weighted by atomic mass is 10.1. The molecule has 9 heteroatoms. The molecule has 2 aromatic carbocycles. The minimum atomic E-state index is -4.46. The van der Waals surface area contributed by atoms with Crippen molar-refractivity contribution in [2.45, 2.75) is 13.1 Å². The molecule has 0 aliphatic carbocycles. The summed E-state index contributed by atoms with van der Waals surface area (Å²) in [4.78, 5) is 26.5. The van der Waals surface area contributed by atoms with Crippen molar-refractivity contribution in [1.29, 1.82) is 0 Å². The van der Waals surface area contributed by atoms with Gasteiger partial charge in [0.05, 0.1) is 10.5 Å². The Hall–Kier alpha value is -3.49. The van der Waals surface area contributed by atoms with E-state index in [1.54, 1.807) is 0 Å². The standard InChI is InChI=1S/C18H11F3N2O4/c1-10-13(3-2-4-15(10)23(25)26)16-22-14(17(24)27-16)9-11-5-7-12(8-6-11)18(19,20)21/h2-9H,1H3/b14-9-. The zero-order valence-corrected chi connectivity index (χ0v) is 13.8. The molecule has 27 heavy (non-hydrogen) atoms. The minimum absolute atomic E-state index is 0.0978. The van der Waals surface area contributed by atoms with Gasteiger partial charge in [0.1, 0.15) is 0 Å². The molecule has 0 unspecified atom stereocenters. The number of aliphatic imine (C=N–C) groups is 1. The number of carbonyl (C=O) groups excluding carboxylic acids is 1. The molecule has 1 aliphatic rings. The Morgan fingerprint density at radius 3 is 2.41 bits per heavy atom. The van der Waals surface area contributed by atoms with E-state index < -0.39 is 22.6 Å². The third-order valence-electron chi connectivity index (χ3n) is 3.89. The van der Waals surface area contributed by atoms with Crippen molar-refractivity contribution in [3.63, 3.8) is 0 Å². The van der Waals surface area contributed by atoms with Gasteiger partial charge >= 0.3 is 12.1 Å². The summed E-state index contributed by atoms with van der Waals surface area (Å²) in [7, 11) is 0. The Morgan fingerprint density at radius 2 is 1.81 bits per heavy atom. The van der Waals surface area contributed by atoms with Crippen LogP contribution < -0.4 is 0 Å². The zero-order valence-electron chi connectivity index (χ0n) is 13.8. The van der Waals surface area contributed by atoms with E-state index in [-0.39, 0.29) is 28.4 Å². The number of cyclic esters (lactones) is 1. The normalized spacial score (nSPS) is 15.6. The molecule has 3 rings (SSSR count). The van der Waals surface area contributed by atoms with Crippen LogP contribution in [0.15, 0.2) is 53.2 Å². The number of hydrogen-bond donors (Lipinski definition) is 0. The van der Waals surface area contributed by atoms with Gasteiger partial charge in [0.2, 0.25) is 5.90 Å². The zero-order chi connectivity index (χ0) is 19.8. The van der Waals surface area contributed by atoms with Gasteiger partial charge in [-0.2, -0.15) is 13.2 Å². The van der Waals surface area contributed by atoms with Crippen molar-refractivity contribution in [3.8, 4) is 0 Å². The average Bonchev–Trinajstić information content (AvgIpc) is 2.95. The van der Waals surface area contributed by atoms with E-state index in [9.17, 15) is 28.1 Å². The number of halogens is 3. The first kappa shape index (κ1) is 18.3. The Labute approximate surface area is 150 Å². The van der Waals surface area contributed by atoms with Crippen LogP contribution >= 0.6 is 0 Å². The summed E-state index contributed by atoms with van der Waals surface area (Å²) < 4.78 is 42.8. The van der Waals surface area contributed by atoms with Gasteiger partial charge in [-0.05, 0) is 36.8 Å². The van der Waals surface area contributed by atoms with E-state index in [1.807, 2.05) is 0 Å². The summed E-state index contributed by atoms with van der Waals surface area (Å²) in [5.74, 6) is -0.893. The molecular formula is C18H11F3N2O4. The molecule has 0 saturated carbocycles. The highest BCUT2D eigenvalue weighted by Gasteiger charge is 2.30. The summed E-state index contributed by atoms with van der Waals surface area (Å²) in [5.41, 5.74) is -0.175. The van der Waals surface area contributed by atoms with E-state index >= 15 is 0 Å². The number of benzene rings is 2. The predicted molar refractivity (Wildman–Crippen MR) is 89.9 cm³/mol. The number of esters is 1. The van der Waals surface area contributed by atoms with E-state index in [4.69, 9.17) is 4.74 Å². The number of carbonyl (C=O) groups is 1. The van der Waals surface area contributed by atoms with Crippen LogP contribution in [0.5, 0.6) is 0 Å². The molecular weight excluding hydrogens is 365 g/mol. The number of nitro benzene ring substituents is 1. The van der Waals surface area contributed by atoms with Crippen LogP contribution in [-0.2, 0) is 15.7 Å².